The number of fused-ring (bicyclic) bond motifs is 1. The number of anilines is 1. The molecule has 2 heterocycles. The SMILES string of the molecule is ClCCN1CCCN(c2cnc3ccccc3n2)CC1. The second-order valence-corrected chi connectivity index (χ2v) is 5.47. The molecule has 0 bridgehead atoms. The average molecular weight is 291 g/mol. The number of halogens is 1. The van der Waals surface area contributed by atoms with Crippen LogP contribution in [0.25, 0.3) is 11.0 Å². The van der Waals surface area contributed by atoms with Gasteiger partial charge in [-0.05, 0) is 25.1 Å². The molecule has 106 valence electrons. The van der Waals surface area contributed by atoms with Gasteiger partial charge < -0.3 is 9.80 Å². The zero-order chi connectivity index (χ0) is 13.8. The monoisotopic (exact) mass is 290 g/mol. The highest BCUT2D eigenvalue weighted by molar-refractivity contribution is 6.18. The zero-order valence-corrected chi connectivity index (χ0v) is 12.3. The molecule has 0 amide bonds. The molecule has 1 aromatic heterocycles. The van der Waals surface area contributed by atoms with Gasteiger partial charge in [0.05, 0.1) is 17.2 Å². The lowest BCUT2D eigenvalue weighted by molar-refractivity contribution is 0.311. The molecule has 4 nitrogen and oxygen atoms in total. The van der Waals surface area contributed by atoms with Gasteiger partial charge in [0, 0.05) is 32.1 Å². The van der Waals surface area contributed by atoms with Crippen molar-refractivity contribution in [2.24, 2.45) is 0 Å². The lowest BCUT2D eigenvalue weighted by atomic mass is 10.3. The molecule has 1 saturated heterocycles. The molecular weight excluding hydrogens is 272 g/mol. The summed E-state index contributed by atoms with van der Waals surface area (Å²) >= 11 is 5.83. The number of benzene rings is 1. The van der Waals surface area contributed by atoms with E-state index < -0.39 is 0 Å². The maximum absolute atomic E-state index is 5.83. The van der Waals surface area contributed by atoms with Crippen LogP contribution in [0, 0.1) is 0 Å². The Balaban J connectivity index is 1.77. The predicted molar refractivity (Wildman–Crippen MR) is 83.5 cm³/mol. The first-order chi connectivity index (χ1) is 9.86. The summed E-state index contributed by atoms with van der Waals surface area (Å²) in [6.07, 6.45) is 3.03. The Morgan fingerprint density at radius 3 is 2.75 bits per heavy atom. The highest BCUT2D eigenvalue weighted by atomic mass is 35.5. The van der Waals surface area contributed by atoms with Gasteiger partial charge in [-0.25, -0.2) is 4.98 Å². The minimum atomic E-state index is 0.704. The molecule has 0 spiro atoms. The van der Waals surface area contributed by atoms with Gasteiger partial charge in [0.1, 0.15) is 5.82 Å². The van der Waals surface area contributed by atoms with Crippen LogP contribution in [-0.4, -0.2) is 53.5 Å². The van der Waals surface area contributed by atoms with Crippen LogP contribution in [0.2, 0.25) is 0 Å². The third-order valence-corrected chi connectivity index (χ3v) is 3.92. The number of rotatable bonds is 3. The maximum Gasteiger partial charge on any atom is 0.147 e. The predicted octanol–water partition coefficient (Wildman–Crippen LogP) is 2.38. The molecule has 5 heteroatoms. The number of hydrogen-bond acceptors (Lipinski definition) is 4. The minimum Gasteiger partial charge on any atom is -0.354 e. The van der Waals surface area contributed by atoms with Crippen LogP contribution in [-0.2, 0) is 0 Å². The van der Waals surface area contributed by atoms with Gasteiger partial charge in [0.25, 0.3) is 0 Å². The second-order valence-electron chi connectivity index (χ2n) is 5.09. The molecule has 0 N–H and O–H groups in total. The van der Waals surface area contributed by atoms with Crippen molar-refractivity contribution in [3.05, 3.63) is 30.5 Å². The summed E-state index contributed by atoms with van der Waals surface area (Å²) < 4.78 is 0. The lowest BCUT2D eigenvalue weighted by Gasteiger charge is -2.22. The van der Waals surface area contributed by atoms with Gasteiger partial charge in [-0.1, -0.05) is 12.1 Å². The molecule has 20 heavy (non-hydrogen) atoms. The lowest BCUT2D eigenvalue weighted by Crippen LogP contribution is -2.32. The summed E-state index contributed by atoms with van der Waals surface area (Å²) in [6.45, 7) is 5.15. The van der Waals surface area contributed by atoms with E-state index in [0.717, 1.165) is 56.0 Å². The van der Waals surface area contributed by atoms with Crippen LogP contribution in [0.4, 0.5) is 5.82 Å². The Morgan fingerprint density at radius 1 is 1.05 bits per heavy atom. The zero-order valence-electron chi connectivity index (χ0n) is 11.5. The first-order valence-corrected chi connectivity index (χ1v) is 7.65. The fourth-order valence-electron chi connectivity index (χ4n) is 2.64. The van der Waals surface area contributed by atoms with Gasteiger partial charge in [-0.15, -0.1) is 11.6 Å². The van der Waals surface area contributed by atoms with E-state index in [-0.39, 0.29) is 0 Å². The van der Waals surface area contributed by atoms with E-state index in [1.807, 2.05) is 30.5 Å². The van der Waals surface area contributed by atoms with Crippen LogP contribution in [0.5, 0.6) is 0 Å². The van der Waals surface area contributed by atoms with Crippen molar-refractivity contribution < 1.29 is 0 Å². The standard InChI is InChI=1S/C15H19ClN4/c16-6-9-19-7-3-8-20(11-10-19)15-12-17-13-4-1-2-5-14(13)18-15/h1-2,4-5,12H,3,6-11H2. The highest BCUT2D eigenvalue weighted by Gasteiger charge is 2.16. The molecule has 2 aromatic rings. The molecule has 0 saturated carbocycles. The van der Waals surface area contributed by atoms with Crippen LogP contribution in [0.1, 0.15) is 6.42 Å². The van der Waals surface area contributed by atoms with Crippen LogP contribution in [0.3, 0.4) is 0 Å². The summed E-state index contributed by atoms with van der Waals surface area (Å²) in [4.78, 5) is 14.0. The first kappa shape index (κ1) is 13.6. The summed E-state index contributed by atoms with van der Waals surface area (Å²) in [6, 6.07) is 8.01. The van der Waals surface area contributed by atoms with Crippen LogP contribution in [0.15, 0.2) is 30.5 Å². The smallest absolute Gasteiger partial charge is 0.147 e. The Labute approximate surface area is 124 Å². The second kappa shape index (κ2) is 6.37. The van der Waals surface area contributed by atoms with E-state index in [1.54, 1.807) is 0 Å². The third kappa shape index (κ3) is 3.02. The number of nitrogens with zero attached hydrogens (tertiary/aromatic N) is 4. The van der Waals surface area contributed by atoms with E-state index in [9.17, 15) is 0 Å². The molecule has 0 unspecified atom stereocenters. The van der Waals surface area contributed by atoms with Gasteiger partial charge in [-0.2, -0.15) is 0 Å². The average Bonchev–Trinajstić information content (AvgIpc) is 2.73. The van der Waals surface area contributed by atoms with Crippen molar-refractivity contribution in [3.63, 3.8) is 0 Å². The molecule has 0 radical (unpaired) electrons. The van der Waals surface area contributed by atoms with Gasteiger partial charge in [0.2, 0.25) is 0 Å². The molecule has 0 aliphatic carbocycles. The number of hydrogen-bond donors (Lipinski definition) is 0. The van der Waals surface area contributed by atoms with Crippen molar-refractivity contribution in [3.8, 4) is 0 Å². The molecule has 0 atom stereocenters. The molecule has 1 aliphatic rings. The van der Waals surface area contributed by atoms with Gasteiger partial charge in [0.15, 0.2) is 0 Å². The fraction of sp³-hybridized carbons (Fsp3) is 0.467. The molecule has 1 aromatic carbocycles. The van der Waals surface area contributed by atoms with Crippen LogP contribution >= 0.6 is 11.6 Å². The van der Waals surface area contributed by atoms with Crippen LogP contribution < -0.4 is 4.90 Å². The Bertz CT molecular complexity index is 575. The van der Waals surface area contributed by atoms with E-state index in [4.69, 9.17) is 16.6 Å². The molecule has 1 aliphatic heterocycles. The summed E-state index contributed by atoms with van der Waals surface area (Å²) in [7, 11) is 0. The highest BCUT2D eigenvalue weighted by Crippen LogP contribution is 2.17. The topological polar surface area (TPSA) is 32.3 Å². The molecular formula is C15H19ClN4. The van der Waals surface area contributed by atoms with Crippen molar-refractivity contribution in [2.45, 2.75) is 6.42 Å². The Kier molecular flexibility index (Phi) is 4.33. The maximum atomic E-state index is 5.83. The largest absolute Gasteiger partial charge is 0.354 e. The summed E-state index contributed by atoms with van der Waals surface area (Å²) in [5.74, 6) is 1.69. The number of alkyl halides is 1. The van der Waals surface area contributed by atoms with Crippen molar-refractivity contribution in [2.75, 3.05) is 43.5 Å². The Hall–Kier alpha value is -1.39. The normalized spacial score (nSPS) is 17.4. The van der Waals surface area contributed by atoms with Crippen molar-refractivity contribution in [1.29, 1.82) is 0 Å². The van der Waals surface area contributed by atoms with Gasteiger partial charge >= 0.3 is 0 Å². The van der Waals surface area contributed by atoms with Crippen molar-refractivity contribution >= 4 is 28.5 Å². The van der Waals surface area contributed by atoms with Gasteiger partial charge in [-0.3, -0.25) is 4.98 Å². The van der Waals surface area contributed by atoms with Crippen molar-refractivity contribution in [1.82, 2.24) is 14.9 Å². The number of para-hydroxylation sites is 2. The summed E-state index contributed by atoms with van der Waals surface area (Å²) in [5, 5.41) is 0. The quantitative estimate of drug-likeness (QED) is 0.813. The Morgan fingerprint density at radius 2 is 1.90 bits per heavy atom. The summed E-state index contributed by atoms with van der Waals surface area (Å²) in [5.41, 5.74) is 1.92. The fourth-order valence-corrected chi connectivity index (χ4v) is 2.88. The minimum absolute atomic E-state index is 0.704. The molecule has 3 rings (SSSR count). The number of aromatic nitrogens is 2. The van der Waals surface area contributed by atoms with E-state index >= 15 is 0 Å². The third-order valence-electron chi connectivity index (χ3n) is 3.75. The first-order valence-electron chi connectivity index (χ1n) is 7.12. The van der Waals surface area contributed by atoms with E-state index in [1.165, 1.54) is 0 Å². The van der Waals surface area contributed by atoms with E-state index in [2.05, 4.69) is 14.8 Å². The van der Waals surface area contributed by atoms with E-state index in [0.29, 0.717) is 5.88 Å². The molecule has 1 fully saturated rings.